The zero-order valence-corrected chi connectivity index (χ0v) is 10.9. The summed E-state index contributed by atoms with van der Waals surface area (Å²) in [4.78, 5) is 8.74. The lowest BCUT2D eigenvalue weighted by molar-refractivity contribution is 0.577. The van der Waals surface area contributed by atoms with Crippen LogP contribution >= 0.6 is 11.6 Å². The molecular weight excluding hydrogens is 278 g/mol. The molecule has 4 aromatic rings. The number of anilines is 1. The van der Waals surface area contributed by atoms with Gasteiger partial charge in [-0.3, -0.25) is 0 Å². The normalized spacial score (nSPS) is 11.4. The molecule has 3 heterocycles. The van der Waals surface area contributed by atoms with E-state index in [0.29, 0.717) is 27.8 Å². The predicted octanol–water partition coefficient (Wildman–Crippen LogP) is 2.77. The van der Waals surface area contributed by atoms with Crippen LogP contribution in [0.25, 0.3) is 28.1 Å². The number of benzene rings is 1. The van der Waals surface area contributed by atoms with Crippen LogP contribution in [0.4, 0.5) is 5.95 Å². The predicted molar refractivity (Wildman–Crippen MR) is 75.4 cm³/mol. The fraction of sp³-hybridized carbons (Fsp3) is 0. The van der Waals surface area contributed by atoms with Gasteiger partial charge in [0.2, 0.25) is 11.8 Å². The Hall–Kier alpha value is -2.60. The topological polar surface area (TPSA) is 82.2 Å². The first-order chi connectivity index (χ1) is 9.74. The van der Waals surface area contributed by atoms with Crippen molar-refractivity contribution in [2.24, 2.45) is 0 Å². The highest BCUT2D eigenvalue weighted by molar-refractivity contribution is 6.35. The van der Waals surface area contributed by atoms with E-state index in [-0.39, 0.29) is 5.95 Å². The maximum Gasteiger partial charge on any atom is 0.223 e. The minimum absolute atomic E-state index is 0.228. The Morgan fingerprint density at radius 3 is 2.85 bits per heavy atom. The highest BCUT2D eigenvalue weighted by Crippen LogP contribution is 2.27. The Labute approximate surface area is 117 Å². The van der Waals surface area contributed by atoms with Gasteiger partial charge in [0.1, 0.15) is 0 Å². The van der Waals surface area contributed by atoms with Crippen LogP contribution in [0.3, 0.4) is 0 Å². The van der Waals surface area contributed by atoms with E-state index >= 15 is 0 Å². The molecule has 98 valence electrons. The summed E-state index contributed by atoms with van der Waals surface area (Å²) < 4.78 is 6.78. The summed E-state index contributed by atoms with van der Waals surface area (Å²) >= 11 is 6.14. The average molecular weight is 286 g/mol. The van der Waals surface area contributed by atoms with Gasteiger partial charge in [-0.15, -0.1) is 5.10 Å². The molecule has 0 aliphatic heterocycles. The second-order valence-corrected chi connectivity index (χ2v) is 4.66. The van der Waals surface area contributed by atoms with Crippen LogP contribution in [0.5, 0.6) is 0 Å². The lowest BCUT2D eigenvalue weighted by Gasteiger charge is -2.02. The van der Waals surface area contributed by atoms with Gasteiger partial charge in [-0.2, -0.15) is 4.52 Å². The van der Waals surface area contributed by atoms with Gasteiger partial charge in [-0.25, -0.2) is 9.97 Å². The zero-order chi connectivity index (χ0) is 13.7. The van der Waals surface area contributed by atoms with E-state index in [1.54, 1.807) is 24.5 Å². The van der Waals surface area contributed by atoms with Crippen molar-refractivity contribution < 1.29 is 4.42 Å². The van der Waals surface area contributed by atoms with Crippen molar-refractivity contribution in [1.82, 2.24) is 19.6 Å². The van der Waals surface area contributed by atoms with Gasteiger partial charge in [-0.05, 0) is 24.3 Å². The summed E-state index contributed by atoms with van der Waals surface area (Å²) in [5.41, 5.74) is 7.13. The van der Waals surface area contributed by atoms with E-state index in [2.05, 4.69) is 15.1 Å². The van der Waals surface area contributed by atoms with E-state index in [4.69, 9.17) is 21.8 Å². The third-order valence-electron chi connectivity index (χ3n) is 3.02. The molecule has 0 aliphatic carbocycles. The van der Waals surface area contributed by atoms with Gasteiger partial charge in [0.25, 0.3) is 0 Å². The minimum atomic E-state index is 0.228. The van der Waals surface area contributed by atoms with E-state index < -0.39 is 0 Å². The molecule has 0 atom stereocenters. The monoisotopic (exact) mass is 285 g/mol. The van der Waals surface area contributed by atoms with Crippen LogP contribution < -0.4 is 5.73 Å². The largest absolute Gasteiger partial charge is 0.461 e. The van der Waals surface area contributed by atoms with Crippen molar-refractivity contribution in [3.63, 3.8) is 0 Å². The van der Waals surface area contributed by atoms with E-state index in [1.807, 2.05) is 12.1 Å². The Bertz CT molecular complexity index is 929. The van der Waals surface area contributed by atoms with Crippen LogP contribution in [-0.2, 0) is 0 Å². The number of hydrogen-bond donors (Lipinski definition) is 1. The van der Waals surface area contributed by atoms with E-state index in [1.165, 1.54) is 4.52 Å². The number of fused-ring (bicyclic) bond motifs is 3. The van der Waals surface area contributed by atoms with Crippen molar-refractivity contribution in [2.75, 3.05) is 5.73 Å². The average Bonchev–Trinajstić information content (AvgIpc) is 3.08. The second-order valence-electron chi connectivity index (χ2n) is 4.25. The molecule has 2 N–H and O–H groups in total. The van der Waals surface area contributed by atoms with Crippen molar-refractivity contribution in [3.8, 4) is 11.6 Å². The van der Waals surface area contributed by atoms with E-state index in [9.17, 15) is 0 Å². The molecule has 3 aromatic heterocycles. The lowest BCUT2D eigenvalue weighted by atomic mass is 10.2. The molecule has 4 rings (SSSR count). The quantitative estimate of drug-likeness (QED) is 0.581. The standard InChI is InChI=1S/C13H8ClN5O/c14-8-4-1-3-7-10(8)16-13(15)19-12(7)17-11(18-19)9-5-2-6-20-9/h1-6H,(H2,15,16). The number of aromatic nitrogens is 4. The molecular formula is C13H8ClN5O. The molecule has 0 fully saturated rings. The minimum Gasteiger partial charge on any atom is -0.461 e. The van der Waals surface area contributed by atoms with Crippen LogP contribution in [0.2, 0.25) is 5.02 Å². The first-order valence-corrected chi connectivity index (χ1v) is 6.26. The fourth-order valence-electron chi connectivity index (χ4n) is 2.13. The van der Waals surface area contributed by atoms with Crippen LogP contribution in [0.15, 0.2) is 41.0 Å². The maximum absolute atomic E-state index is 6.14. The highest BCUT2D eigenvalue weighted by Gasteiger charge is 2.15. The molecule has 7 heteroatoms. The lowest BCUT2D eigenvalue weighted by Crippen LogP contribution is -2.02. The summed E-state index contributed by atoms with van der Waals surface area (Å²) in [7, 11) is 0. The number of nitrogens with zero attached hydrogens (tertiary/aromatic N) is 4. The summed E-state index contributed by atoms with van der Waals surface area (Å²) in [6, 6.07) is 9.04. The first kappa shape index (κ1) is 11.2. The molecule has 0 radical (unpaired) electrons. The maximum atomic E-state index is 6.14. The first-order valence-electron chi connectivity index (χ1n) is 5.88. The van der Waals surface area contributed by atoms with Gasteiger partial charge in [0.05, 0.1) is 16.8 Å². The summed E-state index contributed by atoms with van der Waals surface area (Å²) in [5.74, 6) is 1.25. The van der Waals surface area contributed by atoms with Gasteiger partial charge in [0.15, 0.2) is 11.4 Å². The molecule has 0 unspecified atom stereocenters. The summed E-state index contributed by atoms with van der Waals surface area (Å²) in [6.45, 7) is 0. The van der Waals surface area contributed by atoms with Crippen LogP contribution in [0.1, 0.15) is 0 Å². The number of nitrogen functional groups attached to an aromatic ring is 1. The molecule has 20 heavy (non-hydrogen) atoms. The molecule has 0 saturated carbocycles. The summed E-state index contributed by atoms with van der Waals surface area (Å²) in [6.07, 6.45) is 1.57. The molecule has 0 saturated heterocycles. The van der Waals surface area contributed by atoms with Crippen molar-refractivity contribution in [3.05, 3.63) is 41.6 Å². The van der Waals surface area contributed by atoms with Gasteiger partial charge < -0.3 is 10.2 Å². The highest BCUT2D eigenvalue weighted by atomic mass is 35.5. The molecule has 0 amide bonds. The van der Waals surface area contributed by atoms with Crippen molar-refractivity contribution in [2.45, 2.75) is 0 Å². The number of rotatable bonds is 1. The number of nitrogens with two attached hydrogens (primary N) is 1. The molecule has 1 aromatic carbocycles. The number of furan rings is 1. The fourth-order valence-corrected chi connectivity index (χ4v) is 2.34. The molecule has 0 bridgehead atoms. The van der Waals surface area contributed by atoms with Crippen molar-refractivity contribution >= 4 is 34.1 Å². The van der Waals surface area contributed by atoms with Crippen LogP contribution in [-0.4, -0.2) is 19.6 Å². The van der Waals surface area contributed by atoms with Crippen LogP contribution in [0, 0.1) is 0 Å². The van der Waals surface area contributed by atoms with Gasteiger partial charge >= 0.3 is 0 Å². The van der Waals surface area contributed by atoms with Gasteiger partial charge in [0, 0.05) is 5.39 Å². The SMILES string of the molecule is Nc1nc2c(Cl)cccc2c2nc(-c3ccco3)nn12. The van der Waals surface area contributed by atoms with E-state index in [0.717, 1.165) is 5.39 Å². The summed E-state index contributed by atoms with van der Waals surface area (Å²) in [5, 5.41) is 5.63. The second kappa shape index (κ2) is 3.94. The Morgan fingerprint density at radius 2 is 2.05 bits per heavy atom. The molecule has 0 spiro atoms. The smallest absolute Gasteiger partial charge is 0.223 e. The van der Waals surface area contributed by atoms with Crippen molar-refractivity contribution in [1.29, 1.82) is 0 Å². The zero-order valence-electron chi connectivity index (χ0n) is 10.1. The number of halogens is 1. The third kappa shape index (κ3) is 1.48. The Morgan fingerprint density at radius 1 is 1.15 bits per heavy atom. The Kier molecular flexibility index (Phi) is 2.22. The molecule has 6 nitrogen and oxygen atoms in total. The Balaban J connectivity index is 2.13. The number of para-hydroxylation sites is 1. The third-order valence-corrected chi connectivity index (χ3v) is 3.32. The number of hydrogen-bond acceptors (Lipinski definition) is 5. The van der Waals surface area contributed by atoms with Gasteiger partial charge in [-0.1, -0.05) is 17.7 Å². The molecule has 0 aliphatic rings.